The third kappa shape index (κ3) is 2.94. The molecule has 104 valence electrons. The lowest BCUT2D eigenvalue weighted by Gasteiger charge is -2.08. The molecule has 2 N–H and O–H groups in total. The van der Waals surface area contributed by atoms with Crippen LogP contribution in [0.15, 0.2) is 42.5 Å². The van der Waals surface area contributed by atoms with E-state index < -0.39 is 0 Å². The number of fused-ring (bicyclic) bond motifs is 1. The number of hydrogen-bond acceptors (Lipinski definition) is 3. The van der Waals surface area contributed by atoms with Gasteiger partial charge >= 0.3 is 0 Å². The Morgan fingerprint density at radius 1 is 1.05 bits per heavy atom. The van der Waals surface area contributed by atoms with Gasteiger partial charge in [-0.3, -0.25) is 0 Å². The highest BCUT2D eigenvalue weighted by molar-refractivity contribution is 5.45. The second-order valence-electron chi connectivity index (χ2n) is 5.09. The van der Waals surface area contributed by atoms with Crippen LogP contribution in [-0.2, 0) is 19.5 Å². The molecule has 1 heterocycles. The van der Waals surface area contributed by atoms with Gasteiger partial charge in [0.25, 0.3) is 0 Å². The summed E-state index contributed by atoms with van der Waals surface area (Å²) in [5.41, 5.74) is 5.10. The fraction of sp³-hybridized carbons (Fsp3) is 0.294. The zero-order chi connectivity index (χ0) is 13.8. The van der Waals surface area contributed by atoms with Crippen molar-refractivity contribution >= 4 is 5.69 Å². The average Bonchev–Trinajstić information content (AvgIpc) is 2.95. The summed E-state index contributed by atoms with van der Waals surface area (Å²) in [5, 5.41) is 6.65. The van der Waals surface area contributed by atoms with E-state index in [0.29, 0.717) is 0 Å². The van der Waals surface area contributed by atoms with Gasteiger partial charge in [-0.25, -0.2) is 0 Å². The van der Waals surface area contributed by atoms with Crippen molar-refractivity contribution in [1.29, 1.82) is 0 Å². The van der Waals surface area contributed by atoms with Gasteiger partial charge in [-0.1, -0.05) is 24.3 Å². The molecule has 0 unspecified atom stereocenters. The molecule has 3 rings (SSSR count). The van der Waals surface area contributed by atoms with E-state index >= 15 is 0 Å². The van der Waals surface area contributed by atoms with E-state index in [2.05, 4.69) is 53.1 Å². The molecule has 3 nitrogen and oxygen atoms in total. The fourth-order valence-electron chi connectivity index (χ4n) is 2.54. The molecule has 0 aromatic heterocycles. The minimum absolute atomic E-state index is 0.822. The summed E-state index contributed by atoms with van der Waals surface area (Å²) >= 11 is 0. The number of hydrogen-bond donors (Lipinski definition) is 2. The maximum atomic E-state index is 5.53. The lowest BCUT2D eigenvalue weighted by Crippen LogP contribution is -2.12. The lowest BCUT2D eigenvalue weighted by atomic mass is 10.1. The van der Waals surface area contributed by atoms with Gasteiger partial charge in [0.2, 0.25) is 0 Å². The van der Waals surface area contributed by atoms with Crippen LogP contribution in [0.1, 0.15) is 16.7 Å². The monoisotopic (exact) mass is 268 g/mol. The molecule has 1 aliphatic heterocycles. The van der Waals surface area contributed by atoms with Crippen molar-refractivity contribution < 1.29 is 4.74 Å². The summed E-state index contributed by atoms with van der Waals surface area (Å²) in [5.74, 6) is 1.05. The molecule has 2 aromatic rings. The molecule has 0 saturated heterocycles. The third-order valence-corrected chi connectivity index (χ3v) is 3.63. The first-order chi connectivity index (χ1) is 9.85. The van der Waals surface area contributed by atoms with Crippen LogP contribution in [0.5, 0.6) is 5.75 Å². The van der Waals surface area contributed by atoms with Crippen molar-refractivity contribution in [3.63, 3.8) is 0 Å². The van der Waals surface area contributed by atoms with E-state index in [4.69, 9.17) is 4.74 Å². The summed E-state index contributed by atoms with van der Waals surface area (Å²) in [6.45, 7) is 2.59. The molecular formula is C17H20N2O. The summed E-state index contributed by atoms with van der Waals surface area (Å²) in [6.07, 6.45) is 1.04. The normalized spacial score (nSPS) is 12.8. The van der Waals surface area contributed by atoms with Crippen molar-refractivity contribution in [2.24, 2.45) is 0 Å². The number of nitrogens with one attached hydrogen (secondary N) is 2. The molecule has 1 aliphatic rings. The highest BCUT2D eigenvalue weighted by Crippen LogP contribution is 2.25. The van der Waals surface area contributed by atoms with Crippen molar-refractivity contribution in [3.05, 3.63) is 59.2 Å². The van der Waals surface area contributed by atoms with Crippen molar-refractivity contribution in [3.8, 4) is 5.75 Å². The summed E-state index contributed by atoms with van der Waals surface area (Å²) < 4.78 is 5.53. The largest absolute Gasteiger partial charge is 0.493 e. The van der Waals surface area contributed by atoms with Crippen LogP contribution >= 0.6 is 0 Å². The Kier molecular flexibility index (Phi) is 3.88. The Bertz CT molecular complexity index is 595. The van der Waals surface area contributed by atoms with E-state index in [1.54, 1.807) is 0 Å². The van der Waals surface area contributed by atoms with Crippen LogP contribution in [0.4, 0.5) is 5.69 Å². The van der Waals surface area contributed by atoms with Crippen LogP contribution in [0.3, 0.4) is 0 Å². The zero-order valence-electron chi connectivity index (χ0n) is 11.8. The Morgan fingerprint density at radius 2 is 1.90 bits per heavy atom. The molecule has 0 aliphatic carbocycles. The third-order valence-electron chi connectivity index (χ3n) is 3.63. The topological polar surface area (TPSA) is 33.3 Å². The fourth-order valence-corrected chi connectivity index (χ4v) is 2.54. The molecule has 0 fully saturated rings. The predicted molar refractivity (Wildman–Crippen MR) is 82.2 cm³/mol. The minimum Gasteiger partial charge on any atom is -0.493 e. The summed E-state index contributed by atoms with van der Waals surface area (Å²) in [6, 6.07) is 14.9. The van der Waals surface area contributed by atoms with Gasteiger partial charge in [0.1, 0.15) is 5.75 Å². The van der Waals surface area contributed by atoms with Crippen LogP contribution in [0.2, 0.25) is 0 Å². The van der Waals surface area contributed by atoms with Crippen LogP contribution < -0.4 is 15.4 Å². The smallest absolute Gasteiger partial charge is 0.122 e. The van der Waals surface area contributed by atoms with Gasteiger partial charge in [-0.2, -0.15) is 0 Å². The van der Waals surface area contributed by atoms with Gasteiger partial charge in [0.15, 0.2) is 0 Å². The highest BCUT2D eigenvalue weighted by Gasteiger charge is 2.11. The first kappa shape index (κ1) is 13.0. The molecule has 2 aromatic carbocycles. The molecule has 0 spiro atoms. The van der Waals surface area contributed by atoms with E-state index in [0.717, 1.165) is 37.6 Å². The number of benzene rings is 2. The SMILES string of the molecule is CNc1cccc(CNCc2ccc3c(c2)CCO3)c1. The molecule has 0 bridgehead atoms. The summed E-state index contributed by atoms with van der Waals surface area (Å²) in [4.78, 5) is 0. The van der Waals surface area contributed by atoms with E-state index in [1.807, 2.05) is 7.05 Å². The molecule has 20 heavy (non-hydrogen) atoms. The second-order valence-corrected chi connectivity index (χ2v) is 5.09. The highest BCUT2D eigenvalue weighted by atomic mass is 16.5. The number of rotatable bonds is 5. The molecule has 0 radical (unpaired) electrons. The van der Waals surface area contributed by atoms with Crippen LogP contribution in [0, 0.1) is 0 Å². The zero-order valence-corrected chi connectivity index (χ0v) is 11.8. The standard InChI is InChI=1S/C17H20N2O/c1-18-16-4-2-3-13(10-16)11-19-12-14-5-6-17-15(9-14)7-8-20-17/h2-6,9-10,18-19H,7-8,11-12H2,1H3. The van der Waals surface area contributed by atoms with Crippen molar-refractivity contribution in [1.82, 2.24) is 5.32 Å². The van der Waals surface area contributed by atoms with E-state index in [9.17, 15) is 0 Å². The lowest BCUT2D eigenvalue weighted by molar-refractivity contribution is 0.357. The molecule has 0 saturated carbocycles. The van der Waals surface area contributed by atoms with Gasteiger partial charge in [0, 0.05) is 32.2 Å². The Morgan fingerprint density at radius 3 is 2.75 bits per heavy atom. The Balaban J connectivity index is 1.57. The van der Waals surface area contributed by atoms with Crippen LogP contribution in [0.25, 0.3) is 0 Å². The minimum atomic E-state index is 0.822. The van der Waals surface area contributed by atoms with E-state index in [1.165, 1.54) is 16.7 Å². The predicted octanol–water partition coefficient (Wildman–Crippen LogP) is 2.95. The number of anilines is 1. The first-order valence-electron chi connectivity index (χ1n) is 7.07. The molecular weight excluding hydrogens is 248 g/mol. The van der Waals surface area contributed by atoms with Crippen molar-refractivity contribution in [2.75, 3.05) is 19.0 Å². The second kappa shape index (κ2) is 5.97. The van der Waals surface area contributed by atoms with Gasteiger partial charge in [-0.05, 0) is 34.9 Å². The Hall–Kier alpha value is -2.00. The quantitative estimate of drug-likeness (QED) is 0.874. The maximum absolute atomic E-state index is 5.53. The number of ether oxygens (including phenoxy) is 1. The van der Waals surface area contributed by atoms with Gasteiger partial charge in [-0.15, -0.1) is 0 Å². The van der Waals surface area contributed by atoms with Gasteiger partial charge in [0.05, 0.1) is 6.61 Å². The van der Waals surface area contributed by atoms with Gasteiger partial charge < -0.3 is 15.4 Å². The maximum Gasteiger partial charge on any atom is 0.122 e. The summed E-state index contributed by atoms with van der Waals surface area (Å²) in [7, 11) is 1.94. The van der Waals surface area contributed by atoms with E-state index in [-0.39, 0.29) is 0 Å². The molecule has 0 amide bonds. The molecule has 0 atom stereocenters. The average molecular weight is 268 g/mol. The molecule has 3 heteroatoms. The Labute approximate surface area is 120 Å². The van der Waals surface area contributed by atoms with Crippen LogP contribution in [-0.4, -0.2) is 13.7 Å². The first-order valence-corrected chi connectivity index (χ1v) is 7.07. The van der Waals surface area contributed by atoms with Crippen molar-refractivity contribution in [2.45, 2.75) is 19.5 Å².